The molecule has 1 N–H and O–H groups in total. The summed E-state index contributed by atoms with van der Waals surface area (Å²) in [6, 6.07) is 7.17. The Labute approximate surface area is 129 Å². The van der Waals surface area contributed by atoms with E-state index in [2.05, 4.69) is 4.72 Å². The van der Waals surface area contributed by atoms with Crippen LogP contribution in [-0.2, 0) is 19.6 Å². The minimum atomic E-state index is -3.70. The van der Waals surface area contributed by atoms with E-state index in [1.54, 1.807) is 18.2 Å². The van der Waals surface area contributed by atoms with Crippen LogP contribution in [0.3, 0.4) is 0 Å². The normalized spacial score (nSPS) is 24.4. The van der Waals surface area contributed by atoms with Gasteiger partial charge in [0.1, 0.15) is 18.3 Å². The summed E-state index contributed by atoms with van der Waals surface area (Å²) in [5, 5.41) is 0. The lowest BCUT2D eigenvalue weighted by Gasteiger charge is -2.22. The number of fused-ring (bicyclic) bond motifs is 1. The van der Waals surface area contributed by atoms with E-state index in [0.717, 1.165) is 18.4 Å². The molecule has 7 heteroatoms. The van der Waals surface area contributed by atoms with Gasteiger partial charge in [0, 0.05) is 12.2 Å². The molecule has 6 nitrogen and oxygen atoms in total. The van der Waals surface area contributed by atoms with Gasteiger partial charge < -0.3 is 9.47 Å². The fourth-order valence-electron chi connectivity index (χ4n) is 2.83. The predicted molar refractivity (Wildman–Crippen MR) is 80.2 cm³/mol. The molecule has 0 radical (unpaired) electrons. The third-order valence-corrected chi connectivity index (χ3v) is 5.27. The van der Waals surface area contributed by atoms with E-state index >= 15 is 0 Å². The highest BCUT2D eigenvalue weighted by Crippen LogP contribution is 2.33. The summed E-state index contributed by atoms with van der Waals surface area (Å²) in [4.78, 5) is 12.3. The van der Waals surface area contributed by atoms with Gasteiger partial charge in [0.25, 0.3) is 0 Å². The zero-order chi connectivity index (χ0) is 15.6. The number of para-hydroxylation sites is 1. The van der Waals surface area contributed by atoms with Crippen molar-refractivity contribution in [2.75, 3.05) is 19.0 Å². The Morgan fingerprint density at radius 1 is 1.27 bits per heavy atom. The predicted octanol–water partition coefficient (Wildman–Crippen LogP) is 1.18. The molecule has 0 spiro atoms. The molecule has 1 aromatic rings. The van der Waals surface area contributed by atoms with E-state index in [4.69, 9.17) is 9.47 Å². The Bertz CT molecular complexity index is 652. The first-order valence-corrected chi connectivity index (χ1v) is 9.08. The van der Waals surface area contributed by atoms with E-state index in [1.807, 2.05) is 6.07 Å². The van der Waals surface area contributed by atoms with Crippen molar-refractivity contribution in [1.29, 1.82) is 0 Å². The van der Waals surface area contributed by atoms with Gasteiger partial charge in [0.05, 0.1) is 11.9 Å². The number of amides is 1. The number of sulfonamides is 1. The molecule has 2 aliphatic heterocycles. The third kappa shape index (κ3) is 3.41. The lowest BCUT2D eigenvalue weighted by atomic mass is 10.0. The van der Waals surface area contributed by atoms with Gasteiger partial charge in [-0.1, -0.05) is 18.2 Å². The summed E-state index contributed by atoms with van der Waals surface area (Å²) in [6.07, 6.45) is 2.30. The van der Waals surface area contributed by atoms with Crippen molar-refractivity contribution in [1.82, 2.24) is 4.72 Å². The number of hydrogen-bond acceptors (Lipinski definition) is 5. The number of nitrogens with one attached hydrogen (secondary N) is 1. The molecule has 2 heterocycles. The summed E-state index contributed by atoms with van der Waals surface area (Å²) in [5.41, 5.74) is 0.726. The van der Waals surface area contributed by atoms with Gasteiger partial charge in [-0.15, -0.1) is 0 Å². The molecule has 2 aliphatic rings. The van der Waals surface area contributed by atoms with Crippen LogP contribution in [-0.4, -0.2) is 39.4 Å². The largest absolute Gasteiger partial charge is 0.492 e. The van der Waals surface area contributed by atoms with Crippen LogP contribution in [0, 0.1) is 0 Å². The molecule has 2 unspecified atom stereocenters. The molecule has 0 aliphatic carbocycles. The van der Waals surface area contributed by atoms with Gasteiger partial charge in [-0.2, -0.15) is 0 Å². The summed E-state index contributed by atoms with van der Waals surface area (Å²) in [6.45, 7) is 0.749. The topological polar surface area (TPSA) is 81.7 Å². The highest BCUT2D eigenvalue weighted by Gasteiger charge is 2.33. The smallest absolute Gasteiger partial charge is 0.244 e. The quantitative estimate of drug-likeness (QED) is 0.899. The maximum atomic E-state index is 12.3. The number of rotatable bonds is 4. The molecule has 0 bridgehead atoms. The van der Waals surface area contributed by atoms with E-state index < -0.39 is 21.8 Å². The molecule has 1 saturated heterocycles. The first-order valence-electron chi connectivity index (χ1n) is 7.43. The summed E-state index contributed by atoms with van der Waals surface area (Å²) in [5.74, 6) is -0.664. The van der Waals surface area contributed by atoms with Gasteiger partial charge in [0.2, 0.25) is 15.9 Å². The number of hydrogen-bond donors (Lipinski definition) is 1. The van der Waals surface area contributed by atoms with Crippen molar-refractivity contribution in [3.63, 3.8) is 0 Å². The van der Waals surface area contributed by atoms with Crippen LogP contribution in [0.5, 0.6) is 5.75 Å². The van der Waals surface area contributed by atoms with Crippen molar-refractivity contribution in [3.05, 3.63) is 29.8 Å². The number of carbonyl (C=O) groups is 1. The Hall–Kier alpha value is -1.60. The second-order valence-corrected chi connectivity index (χ2v) is 7.40. The fraction of sp³-hybridized carbons (Fsp3) is 0.533. The number of benzene rings is 1. The van der Waals surface area contributed by atoms with Crippen LogP contribution in [0.4, 0.5) is 0 Å². The zero-order valence-corrected chi connectivity index (χ0v) is 13.0. The Morgan fingerprint density at radius 2 is 2.09 bits per heavy atom. The monoisotopic (exact) mass is 325 g/mol. The van der Waals surface area contributed by atoms with Crippen molar-refractivity contribution in [3.8, 4) is 5.75 Å². The van der Waals surface area contributed by atoms with Crippen LogP contribution in [0.1, 0.15) is 30.7 Å². The Morgan fingerprint density at radius 3 is 2.86 bits per heavy atom. The van der Waals surface area contributed by atoms with Crippen LogP contribution in [0.2, 0.25) is 0 Å². The third-order valence-electron chi connectivity index (χ3n) is 3.95. The lowest BCUT2D eigenvalue weighted by molar-refractivity contribution is -0.120. The average Bonchev–Trinajstić information content (AvgIpc) is 2.91. The minimum absolute atomic E-state index is 0.167. The molecule has 1 aromatic carbocycles. The van der Waals surface area contributed by atoms with Crippen molar-refractivity contribution in [2.24, 2.45) is 0 Å². The number of carbonyl (C=O) groups excluding carboxylic acids is 1. The first-order chi connectivity index (χ1) is 10.6. The average molecular weight is 325 g/mol. The van der Waals surface area contributed by atoms with E-state index in [9.17, 15) is 13.2 Å². The molecule has 22 heavy (non-hydrogen) atoms. The highest BCUT2D eigenvalue weighted by atomic mass is 32.2. The maximum Gasteiger partial charge on any atom is 0.244 e. The lowest BCUT2D eigenvalue weighted by Crippen LogP contribution is -2.40. The van der Waals surface area contributed by atoms with E-state index in [0.29, 0.717) is 18.8 Å². The minimum Gasteiger partial charge on any atom is -0.492 e. The van der Waals surface area contributed by atoms with Gasteiger partial charge in [-0.3, -0.25) is 9.52 Å². The van der Waals surface area contributed by atoms with E-state index in [-0.39, 0.29) is 18.5 Å². The van der Waals surface area contributed by atoms with Crippen LogP contribution in [0.15, 0.2) is 24.3 Å². The van der Waals surface area contributed by atoms with Crippen molar-refractivity contribution < 1.29 is 22.7 Å². The van der Waals surface area contributed by atoms with Crippen LogP contribution >= 0.6 is 0 Å². The SMILES string of the molecule is O=C(NS(=O)(=O)CC1CCCCO1)C1COc2ccccc21. The summed E-state index contributed by atoms with van der Waals surface area (Å²) < 4.78 is 37.2. The van der Waals surface area contributed by atoms with Crippen molar-refractivity contribution in [2.45, 2.75) is 31.3 Å². The van der Waals surface area contributed by atoms with Gasteiger partial charge >= 0.3 is 0 Å². The van der Waals surface area contributed by atoms with Gasteiger partial charge in [-0.25, -0.2) is 8.42 Å². The molecule has 0 saturated carbocycles. The Balaban J connectivity index is 1.64. The standard InChI is InChI=1S/C15H19NO5S/c17-15(13-9-21-14-7-2-1-6-12(13)14)16-22(18,19)10-11-5-3-4-8-20-11/h1-2,6-7,11,13H,3-5,8-10H2,(H,16,17). The zero-order valence-electron chi connectivity index (χ0n) is 12.2. The number of ether oxygens (including phenoxy) is 2. The molecule has 0 aromatic heterocycles. The second kappa shape index (κ2) is 6.26. The first kappa shape index (κ1) is 15.3. The molecule has 3 rings (SSSR count). The van der Waals surface area contributed by atoms with Crippen molar-refractivity contribution >= 4 is 15.9 Å². The molecule has 2 atom stereocenters. The summed E-state index contributed by atoms with van der Waals surface area (Å²) >= 11 is 0. The Kier molecular flexibility index (Phi) is 4.35. The summed E-state index contributed by atoms with van der Waals surface area (Å²) in [7, 11) is -3.70. The molecule has 1 fully saturated rings. The second-order valence-electron chi connectivity index (χ2n) is 5.64. The van der Waals surface area contributed by atoms with Crippen LogP contribution < -0.4 is 9.46 Å². The highest BCUT2D eigenvalue weighted by molar-refractivity contribution is 7.90. The molecule has 120 valence electrons. The molecule has 1 amide bonds. The van der Waals surface area contributed by atoms with E-state index in [1.165, 1.54) is 0 Å². The van der Waals surface area contributed by atoms with Gasteiger partial charge in [-0.05, 0) is 25.3 Å². The maximum absolute atomic E-state index is 12.3. The molecular weight excluding hydrogens is 306 g/mol. The molecular formula is C15H19NO5S. The van der Waals surface area contributed by atoms with Gasteiger partial charge in [0.15, 0.2) is 0 Å². The fourth-order valence-corrected chi connectivity index (χ4v) is 4.11. The van der Waals surface area contributed by atoms with Crippen LogP contribution in [0.25, 0.3) is 0 Å².